The number of esters is 1. The predicted molar refractivity (Wildman–Crippen MR) is 110 cm³/mol. The molecule has 3 nitrogen and oxygen atoms in total. The summed E-state index contributed by atoms with van der Waals surface area (Å²) in [5, 5.41) is 9.70. The Balaban J connectivity index is 2.16. The molecule has 0 amide bonds. The fourth-order valence-electron chi connectivity index (χ4n) is 3.02. The van der Waals surface area contributed by atoms with Crippen molar-refractivity contribution in [3.05, 3.63) is 66.2 Å². The van der Waals surface area contributed by atoms with Gasteiger partial charge >= 0.3 is 5.97 Å². The van der Waals surface area contributed by atoms with Gasteiger partial charge < -0.3 is 4.74 Å². The Labute approximate surface area is 162 Å². The molecular weight excluding hydrogens is 334 g/mol. The molecule has 140 valence electrons. The van der Waals surface area contributed by atoms with Gasteiger partial charge in [0.1, 0.15) is 6.07 Å². The molecule has 0 fully saturated rings. The molecule has 1 unspecified atom stereocenters. The molecule has 0 aliphatic carbocycles. The molecule has 0 heterocycles. The molecule has 2 aromatic rings. The largest absolute Gasteiger partial charge is 0.459 e. The van der Waals surface area contributed by atoms with Gasteiger partial charge in [0, 0.05) is 11.1 Å². The molecule has 2 rings (SSSR count). The SMILES string of the molecule is C=C(C(=O)OC(C)CCCC(C)C)c1cccc(-c2ccccc2)c1C#N. The Morgan fingerprint density at radius 3 is 2.41 bits per heavy atom. The predicted octanol–water partition coefficient (Wildman–Crippen LogP) is 6.00. The molecule has 3 heteroatoms. The molecule has 0 aliphatic rings. The maximum atomic E-state index is 12.5. The van der Waals surface area contributed by atoms with Gasteiger partial charge in [0.25, 0.3) is 0 Å². The summed E-state index contributed by atoms with van der Waals surface area (Å²) in [6, 6.07) is 17.3. The summed E-state index contributed by atoms with van der Waals surface area (Å²) in [6.07, 6.45) is 2.79. The number of hydrogen-bond donors (Lipinski definition) is 0. The first-order valence-corrected chi connectivity index (χ1v) is 9.42. The van der Waals surface area contributed by atoms with Crippen LogP contribution in [-0.2, 0) is 9.53 Å². The highest BCUT2D eigenvalue weighted by Crippen LogP contribution is 2.29. The van der Waals surface area contributed by atoms with Crippen molar-refractivity contribution in [1.82, 2.24) is 0 Å². The van der Waals surface area contributed by atoms with E-state index in [1.54, 1.807) is 6.07 Å². The zero-order valence-electron chi connectivity index (χ0n) is 16.4. The molecule has 0 N–H and O–H groups in total. The van der Waals surface area contributed by atoms with Crippen molar-refractivity contribution in [2.75, 3.05) is 0 Å². The Kier molecular flexibility index (Phi) is 7.37. The number of nitrogens with zero attached hydrogens (tertiary/aromatic N) is 1. The van der Waals surface area contributed by atoms with E-state index in [9.17, 15) is 10.1 Å². The number of rotatable bonds is 8. The minimum atomic E-state index is -0.464. The van der Waals surface area contributed by atoms with Crippen LogP contribution in [0.25, 0.3) is 16.7 Å². The topological polar surface area (TPSA) is 50.1 Å². The maximum absolute atomic E-state index is 12.5. The van der Waals surface area contributed by atoms with E-state index in [0.29, 0.717) is 17.0 Å². The van der Waals surface area contributed by atoms with E-state index >= 15 is 0 Å². The van der Waals surface area contributed by atoms with Gasteiger partial charge in [-0.05, 0) is 31.2 Å². The lowest BCUT2D eigenvalue weighted by atomic mass is 9.93. The van der Waals surface area contributed by atoms with Gasteiger partial charge in [-0.3, -0.25) is 0 Å². The van der Waals surface area contributed by atoms with Crippen LogP contribution in [0.5, 0.6) is 0 Å². The molecule has 0 saturated heterocycles. The summed E-state index contributed by atoms with van der Waals surface area (Å²) < 4.78 is 5.55. The molecule has 0 spiro atoms. The smallest absolute Gasteiger partial charge is 0.338 e. The summed E-state index contributed by atoms with van der Waals surface area (Å²) in [5.74, 6) is 0.176. The first-order valence-electron chi connectivity index (χ1n) is 9.42. The quantitative estimate of drug-likeness (QED) is 0.428. The number of carbonyl (C=O) groups excluding carboxylic acids is 1. The van der Waals surface area contributed by atoms with Gasteiger partial charge in [0.15, 0.2) is 0 Å². The average Bonchev–Trinajstić information content (AvgIpc) is 2.67. The summed E-state index contributed by atoms with van der Waals surface area (Å²) >= 11 is 0. The Hall–Kier alpha value is -2.86. The summed E-state index contributed by atoms with van der Waals surface area (Å²) in [6.45, 7) is 10.2. The number of ether oxygens (including phenoxy) is 1. The molecule has 0 aliphatic heterocycles. The third kappa shape index (κ3) is 5.56. The molecule has 0 aromatic heterocycles. The molecule has 0 saturated carbocycles. The first kappa shape index (κ1) is 20.5. The maximum Gasteiger partial charge on any atom is 0.338 e. The molecule has 27 heavy (non-hydrogen) atoms. The summed E-state index contributed by atoms with van der Waals surface area (Å²) in [7, 11) is 0. The van der Waals surface area contributed by atoms with Crippen molar-refractivity contribution in [2.45, 2.75) is 46.1 Å². The Bertz CT molecular complexity index is 831. The lowest BCUT2D eigenvalue weighted by Crippen LogP contribution is -2.16. The lowest BCUT2D eigenvalue weighted by Gasteiger charge is -2.16. The highest BCUT2D eigenvalue weighted by Gasteiger charge is 2.19. The molecule has 2 aromatic carbocycles. The Morgan fingerprint density at radius 1 is 1.07 bits per heavy atom. The van der Waals surface area contributed by atoms with E-state index in [1.807, 2.05) is 49.4 Å². The first-order chi connectivity index (χ1) is 12.9. The lowest BCUT2D eigenvalue weighted by molar-refractivity contribution is -0.141. The van der Waals surface area contributed by atoms with Gasteiger partial charge in [-0.2, -0.15) is 5.26 Å². The third-order valence-electron chi connectivity index (χ3n) is 4.53. The second kappa shape index (κ2) is 9.73. The Morgan fingerprint density at radius 2 is 1.78 bits per heavy atom. The van der Waals surface area contributed by atoms with Crippen molar-refractivity contribution in [2.24, 2.45) is 5.92 Å². The van der Waals surface area contributed by atoms with Crippen molar-refractivity contribution in [1.29, 1.82) is 5.26 Å². The van der Waals surface area contributed by atoms with E-state index in [4.69, 9.17) is 4.74 Å². The number of carbonyl (C=O) groups is 1. The molecule has 0 bridgehead atoms. The van der Waals surface area contributed by atoms with E-state index in [-0.39, 0.29) is 11.7 Å². The van der Waals surface area contributed by atoms with Crippen molar-refractivity contribution in [3.8, 4) is 17.2 Å². The van der Waals surface area contributed by atoms with Crippen LogP contribution in [-0.4, -0.2) is 12.1 Å². The van der Waals surface area contributed by atoms with Gasteiger partial charge in [-0.25, -0.2) is 4.79 Å². The highest BCUT2D eigenvalue weighted by atomic mass is 16.5. The van der Waals surface area contributed by atoms with Crippen LogP contribution in [0.4, 0.5) is 0 Å². The van der Waals surface area contributed by atoms with E-state index in [1.165, 1.54) is 0 Å². The monoisotopic (exact) mass is 361 g/mol. The minimum Gasteiger partial charge on any atom is -0.459 e. The van der Waals surface area contributed by atoms with Gasteiger partial charge in [-0.1, -0.05) is 75.4 Å². The zero-order chi connectivity index (χ0) is 19.8. The van der Waals surface area contributed by atoms with Crippen molar-refractivity contribution >= 4 is 11.5 Å². The van der Waals surface area contributed by atoms with E-state index in [0.717, 1.165) is 30.4 Å². The summed E-state index contributed by atoms with van der Waals surface area (Å²) in [4.78, 5) is 12.5. The van der Waals surface area contributed by atoms with Gasteiger partial charge in [0.2, 0.25) is 0 Å². The third-order valence-corrected chi connectivity index (χ3v) is 4.53. The van der Waals surface area contributed by atoms with Gasteiger partial charge in [-0.15, -0.1) is 0 Å². The van der Waals surface area contributed by atoms with E-state index < -0.39 is 5.97 Å². The van der Waals surface area contributed by atoms with Crippen LogP contribution in [0.2, 0.25) is 0 Å². The van der Waals surface area contributed by atoms with Crippen LogP contribution in [0.3, 0.4) is 0 Å². The number of benzene rings is 2. The zero-order valence-corrected chi connectivity index (χ0v) is 16.4. The molecular formula is C24H27NO2. The minimum absolute atomic E-state index is 0.171. The number of nitriles is 1. The number of hydrogen-bond acceptors (Lipinski definition) is 3. The van der Waals surface area contributed by atoms with Crippen LogP contribution in [0.1, 0.15) is 51.2 Å². The fourth-order valence-corrected chi connectivity index (χ4v) is 3.02. The van der Waals surface area contributed by atoms with Crippen molar-refractivity contribution < 1.29 is 9.53 Å². The van der Waals surface area contributed by atoms with E-state index in [2.05, 4.69) is 26.5 Å². The van der Waals surface area contributed by atoms with Crippen LogP contribution >= 0.6 is 0 Å². The van der Waals surface area contributed by atoms with Crippen LogP contribution in [0.15, 0.2) is 55.1 Å². The van der Waals surface area contributed by atoms with Gasteiger partial charge in [0.05, 0.1) is 17.2 Å². The normalized spacial score (nSPS) is 11.7. The highest BCUT2D eigenvalue weighted by molar-refractivity contribution is 6.16. The standard InChI is InChI=1S/C24H27NO2/c1-17(2)10-8-11-18(3)27-24(26)19(4)21-14-9-15-22(23(21)16-25)20-12-6-5-7-13-20/h5-7,9,12-15,17-18H,4,8,10-11H2,1-3H3. The van der Waals surface area contributed by atoms with Crippen molar-refractivity contribution in [3.63, 3.8) is 0 Å². The molecule has 0 radical (unpaired) electrons. The second-order valence-electron chi connectivity index (χ2n) is 7.23. The average molecular weight is 361 g/mol. The fraction of sp³-hybridized carbons (Fsp3) is 0.333. The summed E-state index contributed by atoms with van der Waals surface area (Å²) in [5.41, 5.74) is 2.91. The van der Waals surface area contributed by atoms with Crippen LogP contribution < -0.4 is 0 Å². The second-order valence-corrected chi connectivity index (χ2v) is 7.23. The van der Waals surface area contributed by atoms with Crippen LogP contribution in [0, 0.1) is 17.2 Å². The molecule has 1 atom stereocenters.